The number of hydrogen-bond acceptors (Lipinski definition) is 5. The van der Waals surface area contributed by atoms with Crippen molar-refractivity contribution in [3.63, 3.8) is 0 Å². The Morgan fingerprint density at radius 2 is 2.06 bits per heavy atom. The minimum Gasteiger partial charge on any atom is -0.409 e. The van der Waals surface area contributed by atoms with Gasteiger partial charge < -0.3 is 20.4 Å². The van der Waals surface area contributed by atoms with Crippen molar-refractivity contribution < 1.29 is 14.7 Å². The summed E-state index contributed by atoms with van der Waals surface area (Å²) in [6.45, 7) is 6.40. The minimum absolute atomic E-state index is 0.249. The van der Waals surface area contributed by atoms with Crippen molar-refractivity contribution in [1.82, 2.24) is 4.90 Å². The molecule has 0 heterocycles. The Bertz CT molecular complexity index is 200. The molecule has 0 spiro atoms. The van der Waals surface area contributed by atoms with E-state index in [1.54, 1.807) is 7.11 Å². The zero-order valence-electron chi connectivity index (χ0n) is 10.9. The predicted molar refractivity (Wildman–Crippen MR) is 67.5 cm³/mol. The summed E-state index contributed by atoms with van der Waals surface area (Å²) in [4.78, 5) is 2.15. The van der Waals surface area contributed by atoms with Crippen molar-refractivity contribution >= 4 is 5.84 Å². The lowest BCUT2D eigenvalue weighted by atomic mass is 10.3. The topological polar surface area (TPSA) is 80.3 Å². The fraction of sp³-hybridized carbons (Fsp3) is 0.909. The first-order chi connectivity index (χ1) is 8.24. The molecule has 0 aliphatic heterocycles. The Kier molecular flexibility index (Phi) is 11.0. The molecule has 0 aromatic carbocycles. The second-order valence-electron chi connectivity index (χ2n) is 3.83. The van der Waals surface area contributed by atoms with E-state index in [-0.39, 0.29) is 5.84 Å². The van der Waals surface area contributed by atoms with Crippen molar-refractivity contribution in [2.45, 2.75) is 19.8 Å². The Morgan fingerprint density at radius 1 is 1.29 bits per heavy atom. The number of methoxy groups -OCH3 is 1. The molecule has 17 heavy (non-hydrogen) atoms. The summed E-state index contributed by atoms with van der Waals surface area (Å²) in [5, 5.41) is 11.5. The van der Waals surface area contributed by atoms with Gasteiger partial charge in [0.1, 0.15) is 0 Å². The lowest BCUT2D eigenvalue weighted by molar-refractivity contribution is 0.0658. The van der Waals surface area contributed by atoms with Gasteiger partial charge in [-0.3, -0.25) is 4.90 Å². The number of amidine groups is 1. The van der Waals surface area contributed by atoms with Gasteiger partial charge in [0.15, 0.2) is 5.84 Å². The SMILES string of the molecule is CCCN(CCCOCCOC)CC(N)=NO. The summed E-state index contributed by atoms with van der Waals surface area (Å²) in [6, 6.07) is 0. The van der Waals surface area contributed by atoms with Gasteiger partial charge in [-0.1, -0.05) is 12.1 Å². The molecular formula is C11H25N3O3. The molecule has 0 aromatic heterocycles. The van der Waals surface area contributed by atoms with Crippen LogP contribution in [-0.2, 0) is 9.47 Å². The largest absolute Gasteiger partial charge is 0.409 e. The maximum absolute atomic E-state index is 8.52. The summed E-state index contributed by atoms with van der Waals surface area (Å²) in [5.41, 5.74) is 5.48. The average molecular weight is 247 g/mol. The molecule has 0 amide bonds. The van der Waals surface area contributed by atoms with Crippen molar-refractivity contribution in [2.24, 2.45) is 10.9 Å². The number of hydrogen-bond donors (Lipinski definition) is 2. The molecule has 0 bridgehead atoms. The van der Waals surface area contributed by atoms with Crippen LogP contribution in [0.15, 0.2) is 5.16 Å². The zero-order valence-corrected chi connectivity index (χ0v) is 10.9. The fourth-order valence-electron chi connectivity index (χ4n) is 1.48. The third kappa shape index (κ3) is 10.0. The Labute approximate surface area is 103 Å². The molecule has 3 N–H and O–H groups in total. The van der Waals surface area contributed by atoms with Crippen molar-refractivity contribution in [3.05, 3.63) is 0 Å². The lowest BCUT2D eigenvalue weighted by Crippen LogP contribution is -2.35. The molecule has 6 nitrogen and oxygen atoms in total. The molecule has 0 rings (SSSR count). The van der Waals surface area contributed by atoms with Gasteiger partial charge in [-0.15, -0.1) is 0 Å². The Morgan fingerprint density at radius 3 is 2.65 bits per heavy atom. The van der Waals surface area contributed by atoms with Crippen LogP contribution >= 0.6 is 0 Å². The number of rotatable bonds is 11. The van der Waals surface area contributed by atoms with Gasteiger partial charge in [0, 0.05) is 20.3 Å². The van der Waals surface area contributed by atoms with E-state index in [1.807, 2.05) is 0 Å². The molecule has 0 unspecified atom stereocenters. The summed E-state index contributed by atoms with van der Waals surface area (Å²) in [5.74, 6) is 0.249. The number of nitrogens with zero attached hydrogens (tertiary/aromatic N) is 2. The predicted octanol–water partition coefficient (Wildman–Crippen LogP) is 0.498. The van der Waals surface area contributed by atoms with Gasteiger partial charge in [0.2, 0.25) is 0 Å². The Balaban J connectivity index is 3.62. The van der Waals surface area contributed by atoms with E-state index in [9.17, 15) is 0 Å². The van der Waals surface area contributed by atoms with Crippen LogP contribution in [-0.4, -0.2) is 62.5 Å². The van der Waals surface area contributed by atoms with E-state index in [2.05, 4.69) is 17.0 Å². The number of ether oxygens (including phenoxy) is 2. The van der Waals surface area contributed by atoms with E-state index in [0.29, 0.717) is 26.4 Å². The van der Waals surface area contributed by atoms with Gasteiger partial charge >= 0.3 is 0 Å². The molecule has 0 radical (unpaired) electrons. The first-order valence-electron chi connectivity index (χ1n) is 6.00. The van der Waals surface area contributed by atoms with E-state index in [4.69, 9.17) is 20.4 Å². The summed E-state index contributed by atoms with van der Waals surface area (Å²) >= 11 is 0. The minimum atomic E-state index is 0.249. The van der Waals surface area contributed by atoms with Gasteiger partial charge in [-0.2, -0.15) is 0 Å². The Hall–Kier alpha value is -0.850. The molecule has 0 atom stereocenters. The highest BCUT2D eigenvalue weighted by atomic mass is 16.5. The zero-order chi connectivity index (χ0) is 12.9. The molecule has 102 valence electrons. The van der Waals surface area contributed by atoms with Crippen LogP contribution in [0.1, 0.15) is 19.8 Å². The van der Waals surface area contributed by atoms with Crippen LogP contribution in [0.2, 0.25) is 0 Å². The highest BCUT2D eigenvalue weighted by Gasteiger charge is 2.05. The number of nitrogens with two attached hydrogens (primary N) is 1. The van der Waals surface area contributed by atoms with Crippen molar-refractivity contribution in [2.75, 3.05) is 46.6 Å². The maximum Gasteiger partial charge on any atom is 0.153 e. The normalized spacial score (nSPS) is 12.3. The van der Waals surface area contributed by atoms with E-state index < -0.39 is 0 Å². The highest BCUT2D eigenvalue weighted by molar-refractivity contribution is 5.81. The molecule has 0 aliphatic rings. The van der Waals surface area contributed by atoms with Crippen molar-refractivity contribution in [3.8, 4) is 0 Å². The first-order valence-corrected chi connectivity index (χ1v) is 6.00. The molecule has 0 fully saturated rings. The average Bonchev–Trinajstić information content (AvgIpc) is 2.33. The van der Waals surface area contributed by atoms with Crippen molar-refractivity contribution in [1.29, 1.82) is 0 Å². The van der Waals surface area contributed by atoms with Crippen LogP contribution in [0.25, 0.3) is 0 Å². The van der Waals surface area contributed by atoms with Crippen LogP contribution in [0.5, 0.6) is 0 Å². The van der Waals surface area contributed by atoms with Crippen LogP contribution in [0.3, 0.4) is 0 Å². The summed E-state index contributed by atoms with van der Waals surface area (Å²) in [7, 11) is 1.66. The maximum atomic E-state index is 8.52. The van der Waals surface area contributed by atoms with Crippen LogP contribution in [0.4, 0.5) is 0 Å². The lowest BCUT2D eigenvalue weighted by Gasteiger charge is -2.20. The second kappa shape index (κ2) is 11.6. The summed E-state index contributed by atoms with van der Waals surface area (Å²) in [6.07, 6.45) is 1.98. The molecule has 0 saturated heterocycles. The third-order valence-corrected chi connectivity index (χ3v) is 2.25. The van der Waals surface area contributed by atoms with Crippen LogP contribution < -0.4 is 5.73 Å². The molecule has 0 aliphatic carbocycles. The molecule has 6 heteroatoms. The first kappa shape index (κ1) is 16.1. The number of oxime groups is 1. The molecule has 0 aromatic rings. The highest BCUT2D eigenvalue weighted by Crippen LogP contribution is 1.95. The molecule has 0 saturated carbocycles. The van der Waals surface area contributed by atoms with Gasteiger partial charge in [-0.25, -0.2) is 0 Å². The third-order valence-electron chi connectivity index (χ3n) is 2.25. The van der Waals surface area contributed by atoms with E-state index in [1.165, 1.54) is 0 Å². The van der Waals surface area contributed by atoms with Gasteiger partial charge in [0.25, 0.3) is 0 Å². The standard InChI is InChI=1S/C11H25N3O3/c1-3-5-14(10-11(12)13-15)6-4-7-17-9-8-16-2/h15H,3-10H2,1-2H3,(H2,12,13). The van der Waals surface area contributed by atoms with Crippen LogP contribution in [0, 0.1) is 0 Å². The van der Waals surface area contributed by atoms with Gasteiger partial charge in [-0.05, 0) is 19.4 Å². The monoisotopic (exact) mass is 247 g/mol. The smallest absolute Gasteiger partial charge is 0.153 e. The quantitative estimate of drug-likeness (QED) is 0.183. The summed E-state index contributed by atoms with van der Waals surface area (Å²) < 4.78 is 10.3. The van der Waals surface area contributed by atoms with E-state index in [0.717, 1.165) is 25.9 Å². The molecular weight excluding hydrogens is 222 g/mol. The fourth-order valence-corrected chi connectivity index (χ4v) is 1.48. The van der Waals surface area contributed by atoms with Gasteiger partial charge in [0.05, 0.1) is 19.8 Å². The van der Waals surface area contributed by atoms with E-state index >= 15 is 0 Å². The second-order valence-corrected chi connectivity index (χ2v) is 3.83.